The van der Waals surface area contributed by atoms with Gasteiger partial charge in [0.2, 0.25) is 0 Å². The Balaban J connectivity index is 2.27. The van der Waals surface area contributed by atoms with E-state index in [1.807, 2.05) is 10.0 Å². The summed E-state index contributed by atoms with van der Waals surface area (Å²) in [7, 11) is -3.80. The van der Waals surface area contributed by atoms with Gasteiger partial charge in [-0.25, -0.2) is 0 Å². The summed E-state index contributed by atoms with van der Waals surface area (Å²) in [6.07, 6.45) is 0. The van der Waals surface area contributed by atoms with Crippen LogP contribution in [0.25, 0.3) is 5.20 Å². The summed E-state index contributed by atoms with van der Waals surface area (Å²) in [6.45, 7) is 15.2. The fourth-order valence-electron chi connectivity index (χ4n) is 4.55. The molecule has 1 aliphatic heterocycles. The zero-order valence-corrected chi connectivity index (χ0v) is 19.1. The van der Waals surface area contributed by atoms with Crippen molar-refractivity contribution < 1.29 is 0 Å². The van der Waals surface area contributed by atoms with Crippen molar-refractivity contribution in [3.8, 4) is 0 Å². The molecule has 3 rings (SSSR count). The van der Waals surface area contributed by atoms with E-state index in [4.69, 9.17) is 0 Å². The van der Waals surface area contributed by atoms with Gasteiger partial charge in [0.05, 0.1) is 24.9 Å². The van der Waals surface area contributed by atoms with E-state index in [0.717, 1.165) is 0 Å². The minimum absolute atomic E-state index is 1.07. The molecule has 2 aromatic carbocycles. The highest BCUT2D eigenvalue weighted by atomic mass is 28.4. The summed E-state index contributed by atoms with van der Waals surface area (Å²) in [5.41, 5.74) is 4.54. The van der Waals surface area contributed by atoms with E-state index < -0.39 is 24.9 Å². The third-order valence-corrected chi connectivity index (χ3v) is 21.5. The van der Waals surface area contributed by atoms with Gasteiger partial charge in [-0.05, 0) is 12.5 Å². The molecule has 0 saturated heterocycles. The lowest BCUT2D eigenvalue weighted by Gasteiger charge is -2.28. The minimum Gasteiger partial charge on any atom is -0.0893 e. The standard InChI is InChI=1S/C21H30Si3/c1-17-12-10-11-15-19(17)22-16-24(5,6)20(21(22)23(2,3)4)18-13-8-7-9-14-18/h7-15,22H,16H2,1-6H3. The second-order valence-corrected chi connectivity index (χ2v) is 22.7. The highest BCUT2D eigenvalue weighted by molar-refractivity contribution is 7.19. The number of benzene rings is 2. The Kier molecular flexibility index (Phi) is 4.62. The average Bonchev–Trinajstić information content (AvgIpc) is 2.80. The average molecular weight is 367 g/mol. The predicted molar refractivity (Wildman–Crippen MR) is 117 cm³/mol. The number of aryl methyl sites for hydroxylation is 1. The first-order valence-corrected chi connectivity index (χ1v) is 17.8. The van der Waals surface area contributed by atoms with Crippen molar-refractivity contribution in [3.63, 3.8) is 0 Å². The van der Waals surface area contributed by atoms with Crippen molar-refractivity contribution in [3.05, 3.63) is 70.5 Å². The Labute approximate surface area is 151 Å². The molecule has 0 N–H and O–H groups in total. The van der Waals surface area contributed by atoms with Crippen LogP contribution >= 0.6 is 0 Å². The van der Waals surface area contributed by atoms with E-state index in [-0.39, 0.29) is 0 Å². The summed E-state index contributed by atoms with van der Waals surface area (Å²) < 4.78 is 0. The van der Waals surface area contributed by atoms with E-state index in [9.17, 15) is 0 Å². The van der Waals surface area contributed by atoms with Crippen LogP contribution in [-0.2, 0) is 0 Å². The van der Waals surface area contributed by atoms with E-state index >= 15 is 0 Å². The van der Waals surface area contributed by atoms with Gasteiger partial charge >= 0.3 is 0 Å². The molecule has 3 heteroatoms. The van der Waals surface area contributed by atoms with Crippen LogP contribution in [0.5, 0.6) is 0 Å². The fourth-order valence-corrected chi connectivity index (χ4v) is 24.9. The number of rotatable bonds is 3. The molecule has 24 heavy (non-hydrogen) atoms. The minimum atomic E-state index is -1.38. The van der Waals surface area contributed by atoms with Crippen LogP contribution in [0.15, 0.2) is 59.4 Å². The molecule has 0 amide bonds. The summed E-state index contributed by atoms with van der Waals surface area (Å²) in [5.74, 6) is 0. The van der Waals surface area contributed by atoms with Crippen LogP contribution in [0.1, 0.15) is 11.1 Å². The van der Waals surface area contributed by atoms with Crippen molar-refractivity contribution in [2.75, 3.05) is 0 Å². The predicted octanol–water partition coefficient (Wildman–Crippen LogP) is 5.10. The molecule has 0 fully saturated rings. The Morgan fingerprint density at radius 1 is 0.875 bits per heavy atom. The van der Waals surface area contributed by atoms with E-state index in [1.54, 1.807) is 5.19 Å². The van der Waals surface area contributed by atoms with Gasteiger partial charge in [-0.1, -0.05) is 114 Å². The molecule has 0 spiro atoms. The van der Waals surface area contributed by atoms with Crippen molar-refractivity contribution >= 4 is 35.3 Å². The highest BCUT2D eigenvalue weighted by Crippen LogP contribution is 2.44. The lowest BCUT2D eigenvalue weighted by Crippen LogP contribution is -2.42. The third-order valence-electron chi connectivity index (χ3n) is 5.44. The summed E-state index contributed by atoms with van der Waals surface area (Å²) in [4.78, 5) is 1.96. The van der Waals surface area contributed by atoms with Crippen LogP contribution in [-0.4, -0.2) is 24.9 Å². The molecule has 0 aliphatic carbocycles. The summed E-state index contributed by atoms with van der Waals surface area (Å²) in [5, 5.41) is 3.53. The zero-order chi connectivity index (χ0) is 17.5. The summed E-state index contributed by atoms with van der Waals surface area (Å²) >= 11 is 0. The topological polar surface area (TPSA) is 0 Å². The van der Waals surface area contributed by atoms with E-state index in [1.165, 1.54) is 16.8 Å². The van der Waals surface area contributed by atoms with Crippen molar-refractivity contribution in [2.45, 2.75) is 45.3 Å². The zero-order valence-electron chi connectivity index (χ0n) is 16.0. The van der Waals surface area contributed by atoms with Gasteiger partial charge in [0.15, 0.2) is 0 Å². The molecule has 1 unspecified atom stereocenters. The molecule has 1 aliphatic rings. The monoisotopic (exact) mass is 366 g/mol. The Morgan fingerprint density at radius 3 is 2.04 bits per heavy atom. The fraction of sp³-hybridized carbons (Fsp3) is 0.333. The first-order valence-electron chi connectivity index (χ1n) is 9.08. The Morgan fingerprint density at radius 2 is 1.46 bits per heavy atom. The van der Waals surface area contributed by atoms with Crippen LogP contribution in [0.4, 0.5) is 0 Å². The van der Waals surface area contributed by atoms with Gasteiger partial charge in [0, 0.05) is 0 Å². The maximum absolute atomic E-state index is 2.61. The van der Waals surface area contributed by atoms with E-state index in [0.29, 0.717) is 0 Å². The maximum atomic E-state index is 2.61. The van der Waals surface area contributed by atoms with Gasteiger partial charge < -0.3 is 0 Å². The molecule has 0 aromatic heterocycles. The molecule has 0 nitrogen and oxygen atoms in total. The second kappa shape index (κ2) is 6.28. The van der Waals surface area contributed by atoms with Crippen molar-refractivity contribution in [2.24, 2.45) is 0 Å². The number of hydrogen-bond acceptors (Lipinski definition) is 0. The maximum Gasteiger partial charge on any atom is 0.0915 e. The normalized spacial score (nSPS) is 20.5. The molecular formula is C21H30Si3. The first kappa shape index (κ1) is 17.6. The lowest BCUT2D eigenvalue weighted by molar-refractivity contribution is 1.50. The van der Waals surface area contributed by atoms with Crippen LogP contribution in [0, 0.1) is 6.92 Å². The van der Waals surface area contributed by atoms with Crippen LogP contribution < -0.4 is 5.19 Å². The highest BCUT2D eigenvalue weighted by Gasteiger charge is 2.46. The molecular weight excluding hydrogens is 336 g/mol. The molecule has 126 valence electrons. The van der Waals surface area contributed by atoms with Gasteiger partial charge in [0.1, 0.15) is 0 Å². The van der Waals surface area contributed by atoms with Gasteiger partial charge in [0.25, 0.3) is 0 Å². The smallest absolute Gasteiger partial charge is 0.0893 e. The Bertz CT molecular complexity index is 767. The van der Waals surface area contributed by atoms with Crippen molar-refractivity contribution in [1.82, 2.24) is 0 Å². The first-order chi connectivity index (χ1) is 11.2. The third kappa shape index (κ3) is 3.17. The second-order valence-electron chi connectivity index (χ2n) is 8.90. The molecule has 0 bridgehead atoms. The summed E-state index contributed by atoms with van der Waals surface area (Å²) in [6, 6.07) is 20.5. The van der Waals surface area contributed by atoms with Crippen LogP contribution in [0.2, 0.25) is 38.4 Å². The lowest BCUT2D eigenvalue weighted by atomic mass is 10.2. The van der Waals surface area contributed by atoms with Crippen molar-refractivity contribution in [1.29, 1.82) is 0 Å². The van der Waals surface area contributed by atoms with Crippen LogP contribution in [0.3, 0.4) is 0 Å². The molecule has 1 heterocycles. The largest absolute Gasteiger partial charge is 0.0915 e. The number of hydrogen-bond donors (Lipinski definition) is 0. The SMILES string of the molecule is Cc1ccccc1[SiH]1C[Si](C)(C)C(c2ccccc2)=C1[Si](C)(C)C. The molecule has 0 saturated carbocycles. The van der Waals surface area contributed by atoms with Gasteiger partial charge in [-0.2, -0.15) is 0 Å². The van der Waals surface area contributed by atoms with Gasteiger partial charge in [-0.15, -0.1) is 0 Å². The molecule has 0 radical (unpaired) electrons. The molecule has 1 atom stereocenters. The van der Waals surface area contributed by atoms with Gasteiger partial charge in [-0.3, -0.25) is 0 Å². The quantitative estimate of drug-likeness (QED) is 0.663. The Hall–Kier alpha value is -1.17. The molecule has 2 aromatic rings. The van der Waals surface area contributed by atoms with E-state index in [2.05, 4.69) is 94.3 Å².